The van der Waals surface area contributed by atoms with Gasteiger partial charge < -0.3 is 9.64 Å². The smallest absolute Gasteiger partial charge is 0.128 e. The number of hydrogen-bond acceptors (Lipinski definition) is 5. The van der Waals surface area contributed by atoms with E-state index in [0.717, 1.165) is 44.9 Å². The monoisotopic (exact) mass is 357 g/mol. The van der Waals surface area contributed by atoms with E-state index in [-0.39, 0.29) is 6.10 Å². The van der Waals surface area contributed by atoms with Crippen molar-refractivity contribution < 1.29 is 4.74 Å². The molecule has 3 heterocycles. The van der Waals surface area contributed by atoms with E-state index in [9.17, 15) is 0 Å². The molecule has 2 aromatic heterocycles. The molecular formula is C20H31N5O. The van der Waals surface area contributed by atoms with Crippen LogP contribution in [-0.2, 0) is 17.7 Å². The van der Waals surface area contributed by atoms with Crippen molar-refractivity contribution in [1.82, 2.24) is 19.7 Å². The number of aromatic nitrogens is 3. The van der Waals surface area contributed by atoms with Crippen molar-refractivity contribution in [3.05, 3.63) is 41.9 Å². The zero-order valence-corrected chi connectivity index (χ0v) is 16.4. The lowest BCUT2D eigenvalue weighted by Crippen LogP contribution is -2.42. The molecule has 0 saturated carbocycles. The van der Waals surface area contributed by atoms with Crippen molar-refractivity contribution in [3.63, 3.8) is 0 Å². The third-order valence-electron chi connectivity index (χ3n) is 4.87. The largest absolute Gasteiger partial charge is 0.376 e. The third-order valence-corrected chi connectivity index (χ3v) is 4.87. The van der Waals surface area contributed by atoms with Crippen molar-refractivity contribution in [3.8, 4) is 0 Å². The highest BCUT2D eigenvalue weighted by Gasteiger charge is 2.21. The SMILES string of the molecule is CC(C)n1nccc1CN1CCO[C@@H](CCc2ccnc(N(C)C)c2)C1. The maximum atomic E-state index is 6.01. The molecule has 6 nitrogen and oxygen atoms in total. The second kappa shape index (κ2) is 8.64. The zero-order valence-electron chi connectivity index (χ0n) is 16.4. The molecule has 0 radical (unpaired) electrons. The molecule has 3 rings (SSSR count). The molecule has 1 fully saturated rings. The normalized spacial score (nSPS) is 18.4. The molecule has 1 atom stereocenters. The van der Waals surface area contributed by atoms with Crippen molar-refractivity contribution in [2.45, 2.75) is 45.4 Å². The summed E-state index contributed by atoms with van der Waals surface area (Å²) in [5.41, 5.74) is 2.60. The van der Waals surface area contributed by atoms with E-state index in [1.54, 1.807) is 0 Å². The van der Waals surface area contributed by atoms with Gasteiger partial charge in [0.05, 0.1) is 18.4 Å². The molecule has 0 unspecified atom stereocenters. The molecule has 0 aliphatic carbocycles. The predicted molar refractivity (Wildman–Crippen MR) is 105 cm³/mol. The molecule has 2 aromatic rings. The Balaban J connectivity index is 1.54. The van der Waals surface area contributed by atoms with Crippen LogP contribution in [0.25, 0.3) is 0 Å². The fourth-order valence-corrected chi connectivity index (χ4v) is 3.45. The van der Waals surface area contributed by atoms with Gasteiger partial charge in [0.1, 0.15) is 5.82 Å². The van der Waals surface area contributed by atoms with E-state index in [0.29, 0.717) is 6.04 Å². The molecule has 0 bridgehead atoms. The average molecular weight is 358 g/mol. The number of aryl methyl sites for hydroxylation is 1. The molecule has 6 heteroatoms. The number of morpholine rings is 1. The fraction of sp³-hybridized carbons (Fsp3) is 0.600. The van der Waals surface area contributed by atoms with Gasteiger partial charge in [-0.1, -0.05) is 0 Å². The summed E-state index contributed by atoms with van der Waals surface area (Å²) in [6.07, 6.45) is 6.14. The van der Waals surface area contributed by atoms with Crippen LogP contribution >= 0.6 is 0 Å². The van der Waals surface area contributed by atoms with E-state index >= 15 is 0 Å². The zero-order chi connectivity index (χ0) is 18.5. The van der Waals surface area contributed by atoms with Gasteiger partial charge in [-0.2, -0.15) is 5.10 Å². The lowest BCUT2D eigenvalue weighted by Gasteiger charge is -2.33. The Kier molecular flexibility index (Phi) is 6.27. The first-order valence-electron chi connectivity index (χ1n) is 9.51. The average Bonchev–Trinajstić information content (AvgIpc) is 3.09. The molecule has 26 heavy (non-hydrogen) atoms. The van der Waals surface area contributed by atoms with Crippen LogP contribution in [0.1, 0.15) is 37.6 Å². The van der Waals surface area contributed by atoms with Crippen LogP contribution in [0.3, 0.4) is 0 Å². The highest BCUT2D eigenvalue weighted by atomic mass is 16.5. The molecule has 0 aromatic carbocycles. The quantitative estimate of drug-likeness (QED) is 0.762. The van der Waals surface area contributed by atoms with E-state index in [1.807, 2.05) is 31.4 Å². The van der Waals surface area contributed by atoms with Gasteiger partial charge in [-0.3, -0.25) is 9.58 Å². The minimum absolute atomic E-state index is 0.287. The topological polar surface area (TPSA) is 46.4 Å². The Morgan fingerprint density at radius 3 is 2.88 bits per heavy atom. The van der Waals surface area contributed by atoms with Gasteiger partial charge >= 0.3 is 0 Å². The first-order valence-corrected chi connectivity index (χ1v) is 9.51. The lowest BCUT2D eigenvalue weighted by atomic mass is 10.1. The van der Waals surface area contributed by atoms with Crippen LogP contribution in [0.2, 0.25) is 0 Å². The van der Waals surface area contributed by atoms with Crippen LogP contribution in [-0.4, -0.2) is 59.6 Å². The van der Waals surface area contributed by atoms with Gasteiger partial charge in [0.15, 0.2) is 0 Å². The Labute approximate surface area is 156 Å². The lowest BCUT2D eigenvalue weighted by molar-refractivity contribution is -0.0353. The van der Waals surface area contributed by atoms with Crippen LogP contribution < -0.4 is 4.90 Å². The summed E-state index contributed by atoms with van der Waals surface area (Å²) < 4.78 is 8.13. The highest BCUT2D eigenvalue weighted by Crippen LogP contribution is 2.17. The van der Waals surface area contributed by atoms with Crippen molar-refractivity contribution in [1.29, 1.82) is 0 Å². The van der Waals surface area contributed by atoms with E-state index in [2.05, 4.69) is 51.7 Å². The Hall–Kier alpha value is -1.92. The van der Waals surface area contributed by atoms with E-state index in [4.69, 9.17) is 4.74 Å². The van der Waals surface area contributed by atoms with Crippen LogP contribution in [0.4, 0.5) is 5.82 Å². The van der Waals surface area contributed by atoms with Crippen LogP contribution in [0.5, 0.6) is 0 Å². The van der Waals surface area contributed by atoms with Gasteiger partial charge in [-0.15, -0.1) is 0 Å². The molecule has 0 spiro atoms. The molecule has 1 saturated heterocycles. The van der Waals surface area contributed by atoms with Crippen molar-refractivity contribution in [2.24, 2.45) is 0 Å². The number of anilines is 1. The molecule has 1 aliphatic rings. The van der Waals surface area contributed by atoms with Crippen molar-refractivity contribution in [2.75, 3.05) is 38.7 Å². The maximum Gasteiger partial charge on any atom is 0.128 e. The second-order valence-corrected chi connectivity index (χ2v) is 7.54. The van der Waals surface area contributed by atoms with E-state index in [1.165, 1.54) is 11.3 Å². The summed E-state index contributed by atoms with van der Waals surface area (Å²) in [4.78, 5) is 8.92. The molecule has 142 valence electrons. The molecule has 1 aliphatic heterocycles. The summed E-state index contributed by atoms with van der Waals surface area (Å²) in [6.45, 7) is 8.07. The van der Waals surface area contributed by atoms with Crippen LogP contribution in [0.15, 0.2) is 30.6 Å². The van der Waals surface area contributed by atoms with Crippen molar-refractivity contribution >= 4 is 5.82 Å². The summed E-state index contributed by atoms with van der Waals surface area (Å²) in [7, 11) is 4.05. The third kappa shape index (κ3) is 4.83. The fourth-order valence-electron chi connectivity index (χ4n) is 3.45. The molecular weight excluding hydrogens is 326 g/mol. The predicted octanol–water partition coefficient (Wildman–Crippen LogP) is 2.76. The Morgan fingerprint density at radius 1 is 1.27 bits per heavy atom. The van der Waals surface area contributed by atoms with Gasteiger partial charge in [-0.05, 0) is 50.5 Å². The number of hydrogen-bond donors (Lipinski definition) is 0. The first-order chi connectivity index (χ1) is 12.5. The highest BCUT2D eigenvalue weighted by molar-refractivity contribution is 5.39. The Bertz CT molecular complexity index is 697. The number of nitrogens with zero attached hydrogens (tertiary/aromatic N) is 5. The van der Waals surface area contributed by atoms with Gasteiger partial charge in [0.2, 0.25) is 0 Å². The second-order valence-electron chi connectivity index (χ2n) is 7.54. The molecule has 0 N–H and O–H groups in total. The van der Waals surface area contributed by atoms with Crippen LogP contribution in [0, 0.1) is 0 Å². The van der Waals surface area contributed by atoms with E-state index < -0.39 is 0 Å². The minimum atomic E-state index is 0.287. The first kappa shape index (κ1) is 18.9. The minimum Gasteiger partial charge on any atom is -0.376 e. The standard InChI is InChI=1S/C20H31N5O/c1-16(2)25-18(8-10-22-25)14-24-11-12-26-19(15-24)6-5-17-7-9-21-20(13-17)23(3)4/h7-10,13,16,19H,5-6,11-12,14-15H2,1-4H3/t19-/m0/s1. The maximum absolute atomic E-state index is 6.01. The van der Waals surface area contributed by atoms with Gasteiger partial charge in [0.25, 0.3) is 0 Å². The number of rotatable bonds is 7. The summed E-state index contributed by atoms with van der Waals surface area (Å²) in [6, 6.07) is 6.80. The summed E-state index contributed by atoms with van der Waals surface area (Å²) >= 11 is 0. The number of pyridine rings is 1. The Morgan fingerprint density at radius 2 is 2.12 bits per heavy atom. The summed E-state index contributed by atoms with van der Waals surface area (Å²) in [5, 5.41) is 4.45. The summed E-state index contributed by atoms with van der Waals surface area (Å²) in [5.74, 6) is 1.01. The van der Waals surface area contributed by atoms with Gasteiger partial charge in [0, 0.05) is 52.2 Å². The molecule has 0 amide bonds. The number of ether oxygens (including phenoxy) is 1. The van der Waals surface area contributed by atoms with Gasteiger partial charge in [-0.25, -0.2) is 4.98 Å².